The van der Waals surface area contributed by atoms with Gasteiger partial charge in [0.25, 0.3) is 11.5 Å². The van der Waals surface area contributed by atoms with Crippen LogP contribution in [-0.4, -0.2) is 32.8 Å². The Hall–Kier alpha value is -4.20. The lowest BCUT2D eigenvalue weighted by atomic mass is 10.1. The van der Waals surface area contributed by atoms with Crippen LogP contribution in [-0.2, 0) is 7.05 Å². The summed E-state index contributed by atoms with van der Waals surface area (Å²) in [5.74, 6) is 0.828. The first-order chi connectivity index (χ1) is 14.9. The number of methoxy groups -OCH3 is 1. The number of nitrogens with one attached hydrogen (secondary N) is 2. The number of nitrogens with zero attached hydrogens (tertiary/aromatic N) is 3. The minimum absolute atomic E-state index is 0.224. The maximum absolute atomic E-state index is 12.9. The molecule has 8 heteroatoms. The summed E-state index contributed by atoms with van der Waals surface area (Å²) in [7, 11) is 3.42. The maximum atomic E-state index is 12.9. The number of aromatic amines is 1. The number of rotatable bonds is 5. The van der Waals surface area contributed by atoms with Crippen LogP contribution in [0, 0.1) is 6.92 Å². The number of carbonyl (C=O) groups is 1. The molecule has 0 aliphatic carbocycles. The number of amides is 1. The van der Waals surface area contributed by atoms with E-state index in [1.54, 1.807) is 61.3 Å². The Morgan fingerprint density at radius 2 is 1.97 bits per heavy atom. The van der Waals surface area contributed by atoms with Crippen LogP contribution in [0.1, 0.15) is 16.1 Å². The Labute approximate surface area is 178 Å². The fourth-order valence-electron chi connectivity index (χ4n) is 3.35. The van der Waals surface area contributed by atoms with Gasteiger partial charge < -0.3 is 15.0 Å². The SMILES string of the molecule is COc1ccc(C(=O)Nc2cccc(-c3nc(C)cc(=O)[nH]3)c2)cc1-c1ccnn1C. The van der Waals surface area contributed by atoms with E-state index in [2.05, 4.69) is 20.4 Å². The molecule has 2 aromatic carbocycles. The molecule has 0 unspecified atom stereocenters. The average Bonchev–Trinajstić information content (AvgIpc) is 3.18. The lowest BCUT2D eigenvalue weighted by Gasteiger charge is -2.12. The van der Waals surface area contributed by atoms with Gasteiger partial charge in [-0.2, -0.15) is 5.10 Å². The van der Waals surface area contributed by atoms with Gasteiger partial charge in [0.05, 0.1) is 12.8 Å². The molecule has 0 atom stereocenters. The van der Waals surface area contributed by atoms with Gasteiger partial charge in [-0.25, -0.2) is 4.98 Å². The third-order valence-corrected chi connectivity index (χ3v) is 4.82. The van der Waals surface area contributed by atoms with Crippen molar-refractivity contribution in [1.82, 2.24) is 19.7 Å². The second-order valence-corrected chi connectivity index (χ2v) is 7.03. The second kappa shape index (κ2) is 8.27. The number of hydrogen-bond donors (Lipinski definition) is 2. The van der Waals surface area contributed by atoms with E-state index < -0.39 is 0 Å². The first-order valence-electron chi connectivity index (χ1n) is 9.61. The van der Waals surface area contributed by atoms with Crippen molar-refractivity contribution in [3.8, 4) is 28.4 Å². The molecule has 1 amide bonds. The summed E-state index contributed by atoms with van der Waals surface area (Å²) < 4.78 is 7.17. The van der Waals surface area contributed by atoms with Gasteiger partial charge in [0, 0.05) is 47.4 Å². The number of anilines is 1. The van der Waals surface area contributed by atoms with Gasteiger partial charge in [-0.05, 0) is 43.3 Å². The highest BCUT2D eigenvalue weighted by atomic mass is 16.5. The van der Waals surface area contributed by atoms with Crippen LogP contribution < -0.4 is 15.6 Å². The number of H-pyrrole nitrogens is 1. The normalized spacial score (nSPS) is 10.7. The molecule has 2 aromatic heterocycles. The fraction of sp³-hybridized carbons (Fsp3) is 0.130. The van der Waals surface area contributed by atoms with Crippen molar-refractivity contribution in [1.29, 1.82) is 0 Å². The van der Waals surface area contributed by atoms with Gasteiger partial charge in [-0.15, -0.1) is 0 Å². The zero-order valence-corrected chi connectivity index (χ0v) is 17.3. The molecule has 8 nitrogen and oxygen atoms in total. The third kappa shape index (κ3) is 4.23. The van der Waals surface area contributed by atoms with Crippen LogP contribution >= 0.6 is 0 Å². The van der Waals surface area contributed by atoms with Crippen LogP contribution in [0.3, 0.4) is 0 Å². The molecule has 0 fully saturated rings. The highest BCUT2D eigenvalue weighted by molar-refractivity contribution is 6.05. The monoisotopic (exact) mass is 415 g/mol. The van der Waals surface area contributed by atoms with E-state index in [4.69, 9.17) is 4.74 Å². The second-order valence-electron chi connectivity index (χ2n) is 7.03. The molecule has 0 spiro atoms. The van der Waals surface area contributed by atoms with Crippen molar-refractivity contribution in [2.45, 2.75) is 6.92 Å². The standard InChI is InChI=1S/C23H21N5O3/c1-14-11-21(29)27-22(25-14)15-5-4-6-17(12-15)26-23(30)16-7-8-20(31-3)18(13-16)19-9-10-24-28(19)2/h4-13H,1-3H3,(H,26,30)(H,25,27,29). The highest BCUT2D eigenvalue weighted by Crippen LogP contribution is 2.31. The summed E-state index contributed by atoms with van der Waals surface area (Å²) in [4.78, 5) is 31.8. The summed E-state index contributed by atoms with van der Waals surface area (Å²) in [5.41, 5.74) is 3.76. The molecule has 0 bridgehead atoms. The van der Waals surface area contributed by atoms with Crippen molar-refractivity contribution in [3.05, 3.63) is 82.4 Å². The lowest BCUT2D eigenvalue weighted by Crippen LogP contribution is -2.13. The number of ether oxygens (including phenoxy) is 1. The fourth-order valence-corrected chi connectivity index (χ4v) is 3.35. The number of hydrogen-bond acceptors (Lipinski definition) is 5. The largest absolute Gasteiger partial charge is 0.496 e. The molecule has 0 aliphatic heterocycles. The Morgan fingerprint density at radius 1 is 1.13 bits per heavy atom. The van der Waals surface area contributed by atoms with E-state index in [0.717, 1.165) is 11.3 Å². The molecule has 4 aromatic rings. The summed E-state index contributed by atoms with van der Waals surface area (Å²) in [6.07, 6.45) is 1.69. The number of aryl methyl sites for hydroxylation is 2. The minimum atomic E-state index is -0.270. The third-order valence-electron chi connectivity index (χ3n) is 4.82. The smallest absolute Gasteiger partial charge is 0.255 e. The lowest BCUT2D eigenvalue weighted by molar-refractivity contribution is 0.102. The van der Waals surface area contributed by atoms with Gasteiger partial charge in [0.1, 0.15) is 11.6 Å². The van der Waals surface area contributed by atoms with Crippen molar-refractivity contribution in [2.75, 3.05) is 12.4 Å². The molecule has 2 heterocycles. The van der Waals surface area contributed by atoms with Gasteiger partial charge in [-0.1, -0.05) is 12.1 Å². The van der Waals surface area contributed by atoms with Crippen molar-refractivity contribution in [3.63, 3.8) is 0 Å². The first-order valence-corrected chi connectivity index (χ1v) is 9.61. The summed E-state index contributed by atoms with van der Waals surface area (Å²) in [6.45, 7) is 1.76. The predicted molar refractivity (Wildman–Crippen MR) is 118 cm³/mol. The minimum Gasteiger partial charge on any atom is -0.496 e. The quantitative estimate of drug-likeness (QED) is 0.520. The Morgan fingerprint density at radius 3 is 2.68 bits per heavy atom. The Kier molecular flexibility index (Phi) is 5.36. The van der Waals surface area contributed by atoms with Crippen molar-refractivity contribution in [2.24, 2.45) is 7.05 Å². The van der Waals surface area contributed by atoms with Crippen LogP contribution in [0.4, 0.5) is 5.69 Å². The van der Waals surface area contributed by atoms with Gasteiger partial charge in [0.15, 0.2) is 0 Å². The number of carbonyl (C=O) groups excluding carboxylic acids is 1. The molecular weight excluding hydrogens is 394 g/mol. The first kappa shape index (κ1) is 20.1. The van der Waals surface area contributed by atoms with Gasteiger partial charge >= 0.3 is 0 Å². The molecule has 4 rings (SSSR count). The number of aromatic nitrogens is 4. The number of benzene rings is 2. The predicted octanol–water partition coefficient (Wildman–Crippen LogP) is 3.41. The maximum Gasteiger partial charge on any atom is 0.255 e. The van der Waals surface area contributed by atoms with E-state index >= 15 is 0 Å². The van der Waals surface area contributed by atoms with E-state index in [1.165, 1.54) is 6.07 Å². The van der Waals surface area contributed by atoms with E-state index in [0.29, 0.717) is 34.1 Å². The zero-order chi connectivity index (χ0) is 22.0. The molecule has 0 aliphatic rings. The Bertz CT molecular complexity index is 1320. The van der Waals surface area contributed by atoms with Crippen LogP contribution in [0.15, 0.2) is 65.6 Å². The van der Waals surface area contributed by atoms with Crippen molar-refractivity contribution < 1.29 is 9.53 Å². The summed E-state index contributed by atoms with van der Waals surface area (Å²) in [5, 5.41) is 7.09. The molecule has 0 saturated heterocycles. The molecule has 156 valence electrons. The molecule has 0 saturated carbocycles. The molecular formula is C23H21N5O3. The van der Waals surface area contributed by atoms with Gasteiger partial charge in [0.2, 0.25) is 0 Å². The summed E-state index contributed by atoms with van der Waals surface area (Å²) >= 11 is 0. The summed E-state index contributed by atoms with van der Waals surface area (Å²) in [6, 6.07) is 15.7. The molecule has 2 N–H and O–H groups in total. The van der Waals surface area contributed by atoms with E-state index in [-0.39, 0.29) is 11.5 Å². The van der Waals surface area contributed by atoms with Gasteiger partial charge in [-0.3, -0.25) is 14.3 Å². The highest BCUT2D eigenvalue weighted by Gasteiger charge is 2.14. The van der Waals surface area contributed by atoms with Crippen LogP contribution in [0.5, 0.6) is 5.75 Å². The average molecular weight is 415 g/mol. The van der Waals surface area contributed by atoms with Crippen LogP contribution in [0.25, 0.3) is 22.6 Å². The zero-order valence-electron chi connectivity index (χ0n) is 17.3. The van der Waals surface area contributed by atoms with Crippen LogP contribution in [0.2, 0.25) is 0 Å². The Balaban J connectivity index is 1.63. The molecule has 31 heavy (non-hydrogen) atoms. The van der Waals surface area contributed by atoms with E-state index in [9.17, 15) is 9.59 Å². The van der Waals surface area contributed by atoms with E-state index in [1.807, 2.05) is 19.2 Å². The van der Waals surface area contributed by atoms with Crippen molar-refractivity contribution >= 4 is 11.6 Å². The topological polar surface area (TPSA) is 102 Å². The molecule has 0 radical (unpaired) electrons.